The first kappa shape index (κ1) is 31.9. The van der Waals surface area contributed by atoms with E-state index < -0.39 is 23.2 Å². The van der Waals surface area contributed by atoms with Gasteiger partial charge in [-0.15, -0.1) is 0 Å². The first-order valence-electron chi connectivity index (χ1n) is 11.0. The molecule has 0 saturated carbocycles. The van der Waals surface area contributed by atoms with Crippen LogP contribution in [-0.2, 0) is 26.6 Å². The van der Waals surface area contributed by atoms with Gasteiger partial charge in [-0.05, 0) is 68.5 Å². The molecule has 0 amide bonds. The number of thioether (sulfide) groups is 2. The van der Waals surface area contributed by atoms with Gasteiger partial charge in [-0.2, -0.15) is 23.5 Å². The molecule has 0 atom stereocenters. The van der Waals surface area contributed by atoms with Gasteiger partial charge in [-0.25, -0.2) is 0 Å². The van der Waals surface area contributed by atoms with Crippen molar-refractivity contribution >= 4 is 41.1 Å². The van der Waals surface area contributed by atoms with E-state index in [0.29, 0.717) is 0 Å². The van der Waals surface area contributed by atoms with Gasteiger partial charge in [0.05, 0.1) is 5.60 Å². The summed E-state index contributed by atoms with van der Waals surface area (Å²) < 4.78 is 32.7. The lowest BCUT2D eigenvalue weighted by molar-refractivity contribution is 0.0411. The van der Waals surface area contributed by atoms with Crippen LogP contribution in [-0.4, -0.2) is 94.0 Å². The molecule has 0 aromatic carbocycles. The van der Waals surface area contributed by atoms with E-state index >= 15 is 0 Å². The van der Waals surface area contributed by atoms with Gasteiger partial charge >= 0.3 is 17.6 Å². The Morgan fingerprint density at radius 3 is 1.16 bits per heavy atom. The van der Waals surface area contributed by atoms with E-state index in [2.05, 4.69) is 0 Å². The van der Waals surface area contributed by atoms with Crippen LogP contribution in [0.25, 0.3) is 0 Å². The van der Waals surface area contributed by atoms with Gasteiger partial charge in [0.2, 0.25) is 0 Å². The van der Waals surface area contributed by atoms with Gasteiger partial charge in [-0.1, -0.05) is 0 Å². The van der Waals surface area contributed by atoms with Crippen LogP contribution in [0.5, 0.6) is 0 Å². The highest BCUT2D eigenvalue weighted by Crippen LogP contribution is 2.23. The maximum Gasteiger partial charge on any atom is 0.500 e. The Hall–Kier alpha value is 0.854. The van der Waals surface area contributed by atoms with Crippen molar-refractivity contribution in [2.24, 2.45) is 0 Å². The van der Waals surface area contributed by atoms with Gasteiger partial charge in [0, 0.05) is 54.7 Å². The second-order valence-electron chi connectivity index (χ2n) is 7.73. The van der Waals surface area contributed by atoms with Crippen LogP contribution in [0.4, 0.5) is 0 Å². The maximum absolute atomic E-state index is 10.6. The Morgan fingerprint density at radius 1 is 0.581 bits per heavy atom. The van der Waals surface area contributed by atoms with Gasteiger partial charge < -0.3 is 31.7 Å². The van der Waals surface area contributed by atoms with Gasteiger partial charge in [0.15, 0.2) is 0 Å². The summed E-state index contributed by atoms with van der Waals surface area (Å²) in [6.45, 7) is 1.97. The maximum atomic E-state index is 10.6. The highest BCUT2D eigenvalue weighted by atomic mass is 32.2. The topological polar surface area (TPSA) is 75.6 Å². The molecule has 1 N–H and O–H groups in total. The number of rotatable bonds is 22. The fourth-order valence-corrected chi connectivity index (χ4v) is 9.09. The van der Waals surface area contributed by atoms with E-state index in [1.807, 2.05) is 30.4 Å². The summed E-state index contributed by atoms with van der Waals surface area (Å²) in [5.74, 6) is 4.25. The van der Waals surface area contributed by atoms with Crippen LogP contribution in [0.2, 0.25) is 12.1 Å². The van der Waals surface area contributed by atoms with E-state index in [1.165, 1.54) is 0 Å². The normalized spacial score (nSPS) is 13.2. The Bertz CT molecular complexity index is 374. The van der Waals surface area contributed by atoms with Crippen molar-refractivity contribution in [1.29, 1.82) is 0 Å². The highest BCUT2D eigenvalue weighted by molar-refractivity contribution is 7.99. The van der Waals surface area contributed by atoms with E-state index in [1.54, 1.807) is 42.7 Å². The Morgan fingerprint density at radius 2 is 0.871 bits per heavy atom. The molecule has 0 aliphatic carbocycles. The van der Waals surface area contributed by atoms with Crippen molar-refractivity contribution in [3.05, 3.63) is 0 Å². The minimum atomic E-state index is -2.43. The molecule has 0 unspecified atom stereocenters. The van der Waals surface area contributed by atoms with Gasteiger partial charge in [0.1, 0.15) is 0 Å². The van der Waals surface area contributed by atoms with Crippen LogP contribution in [0.15, 0.2) is 0 Å². The average molecular weight is 519 g/mol. The van der Waals surface area contributed by atoms with Crippen molar-refractivity contribution < 1.29 is 31.7 Å². The quantitative estimate of drug-likeness (QED) is 0.167. The van der Waals surface area contributed by atoms with Crippen LogP contribution >= 0.6 is 23.5 Å². The third-order valence-electron chi connectivity index (χ3n) is 5.42. The van der Waals surface area contributed by atoms with Crippen molar-refractivity contribution in [3.63, 3.8) is 0 Å². The molecule has 11 heteroatoms. The first-order chi connectivity index (χ1) is 14.8. The largest absolute Gasteiger partial charge is 0.500 e. The second-order valence-corrected chi connectivity index (χ2v) is 16.4. The minimum absolute atomic E-state index is 0.574. The fourth-order valence-electron chi connectivity index (χ4n) is 3.33. The molecule has 0 aliphatic rings. The summed E-state index contributed by atoms with van der Waals surface area (Å²) in [4.78, 5) is 0. The summed E-state index contributed by atoms with van der Waals surface area (Å²) in [5, 5.41) is 10.6. The molecule has 31 heavy (non-hydrogen) atoms. The van der Waals surface area contributed by atoms with Crippen LogP contribution < -0.4 is 0 Å². The molecule has 0 spiro atoms. The molecule has 0 rings (SSSR count). The molecule has 0 heterocycles. The predicted molar refractivity (Wildman–Crippen MR) is 136 cm³/mol. The second kappa shape index (κ2) is 18.2. The van der Waals surface area contributed by atoms with Crippen LogP contribution in [0, 0.1) is 0 Å². The minimum Gasteiger partial charge on any atom is -0.390 e. The molecule has 0 aliphatic heterocycles. The monoisotopic (exact) mass is 518 g/mol. The summed E-state index contributed by atoms with van der Waals surface area (Å²) in [5.41, 5.74) is -0.574. The fraction of sp³-hybridized carbons (Fsp3) is 1.00. The van der Waals surface area contributed by atoms with Crippen molar-refractivity contribution in [3.8, 4) is 0 Å². The molecule has 0 bridgehead atoms. The molecule has 0 aromatic heterocycles. The van der Waals surface area contributed by atoms with Gasteiger partial charge in [-0.3, -0.25) is 0 Å². The Labute approximate surface area is 201 Å². The van der Waals surface area contributed by atoms with E-state index in [9.17, 15) is 5.11 Å². The molecule has 188 valence electrons. The third kappa shape index (κ3) is 14.0. The average Bonchev–Trinajstić information content (AvgIpc) is 2.78. The lowest BCUT2D eigenvalue weighted by Gasteiger charge is -2.24. The summed E-state index contributed by atoms with van der Waals surface area (Å²) >= 11 is 3.85. The van der Waals surface area contributed by atoms with E-state index in [4.69, 9.17) is 26.6 Å². The van der Waals surface area contributed by atoms with Crippen molar-refractivity contribution in [1.82, 2.24) is 0 Å². The molecule has 0 radical (unpaired) electrons. The smallest absolute Gasteiger partial charge is 0.390 e. The predicted octanol–water partition coefficient (Wildman–Crippen LogP) is 4.30. The molecule has 7 nitrogen and oxygen atoms in total. The third-order valence-corrected chi connectivity index (χ3v) is 13.4. The first-order valence-corrected chi connectivity index (χ1v) is 17.1. The van der Waals surface area contributed by atoms with E-state index in [-0.39, 0.29) is 0 Å². The SMILES string of the molecule is CO[Si](CCCSCCCC(C)(O)CCCSCCC[Si](OC)(OC)OC)(OC)OC. The molecular weight excluding hydrogens is 473 g/mol. The molecule has 0 aromatic rings. The standard InChI is InChI=1S/C20H46O7S2Si2/c1-20(21,12-8-14-28-16-10-18-30(22-2,23-3)24-4)13-9-15-29-17-11-19-31(25-5,26-6)27-7/h21H,8-19H2,1-7H3. The summed E-state index contributed by atoms with van der Waals surface area (Å²) in [6.07, 6.45) is 5.79. The van der Waals surface area contributed by atoms with E-state index in [0.717, 1.165) is 73.6 Å². The number of aliphatic hydroxyl groups is 1. The number of hydrogen-bond donors (Lipinski definition) is 1. The molecular formula is C20H46O7S2Si2. The lowest BCUT2D eigenvalue weighted by atomic mass is 9.95. The zero-order chi connectivity index (χ0) is 23.6. The highest BCUT2D eigenvalue weighted by Gasteiger charge is 2.37. The van der Waals surface area contributed by atoms with Crippen molar-refractivity contribution in [2.75, 3.05) is 65.7 Å². The summed E-state index contributed by atoms with van der Waals surface area (Å²) in [6, 6.07) is 1.68. The molecule has 0 saturated heterocycles. The van der Waals surface area contributed by atoms with Crippen molar-refractivity contribution in [2.45, 2.75) is 63.1 Å². The molecule has 0 fully saturated rings. The van der Waals surface area contributed by atoms with Gasteiger partial charge in [0.25, 0.3) is 0 Å². The lowest BCUT2D eigenvalue weighted by Crippen LogP contribution is -2.42. The van der Waals surface area contributed by atoms with Crippen LogP contribution in [0.1, 0.15) is 45.4 Å². The number of hydrogen-bond acceptors (Lipinski definition) is 9. The Balaban J connectivity index is 3.75. The zero-order valence-corrected chi connectivity index (χ0v) is 24.3. The Kier molecular flexibility index (Phi) is 18.7. The van der Waals surface area contributed by atoms with Crippen LogP contribution in [0.3, 0.4) is 0 Å². The summed E-state index contributed by atoms with van der Waals surface area (Å²) in [7, 11) is 5.07. The zero-order valence-electron chi connectivity index (χ0n) is 20.7.